The second kappa shape index (κ2) is 5.79. The topological polar surface area (TPSA) is 81.7 Å². The first-order valence-corrected chi connectivity index (χ1v) is 6.25. The van der Waals surface area contributed by atoms with Crippen molar-refractivity contribution in [2.45, 2.75) is 0 Å². The molecular formula is C12H14ClN3O3. The van der Waals surface area contributed by atoms with Crippen molar-refractivity contribution in [3.8, 4) is 5.75 Å². The van der Waals surface area contributed by atoms with Crippen LogP contribution in [0.15, 0.2) is 18.2 Å². The first-order valence-electron chi connectivity index (χ1n) is 5.87. The quantitative estimate of drug-likeness (QED) is 0.764. The molecule has 6 nitrogen and oxygen atoms in total. The molecule has 7 heteroatoms. The van der Waals surface area contributed by atoms with E-state index in [9.17, 15) is 14.7 Å². The van der Waals surface area contributed by atoms with Crippen LogP contribution >= 0.6 is 11.6 Å². The molecule has 0 aliphatic carbocycles. The molecule has 1 aromatic rings. The van der Waals surface area contributed by atoms with E-state index in [1.165, 1.54) is 18.2 Å². The lowest BCUT2D eigenvalue weighted by atomic mass is 10.2. The Morgan fingerprint density at radius 1 is 1.53 bits per heavy atom. The molecule has 1 aliphatic rings. The fraction of sp³-hybridized carbons (Fsp3) is 0.333. The zero-order chi connectivity index (χ0) is 13.8. The van der Waals surface area contributed by atoms with Crippen molar-refractivity contribution >= 4 is 23.5 Å². The van der Waals surface area contributed by atoms with Crippen LogP contribution < -0.4 is 10.6 Å². The molecule has 0 radical (unpaired) electrons. The summed E-state index contributed by atoms with van der Waals surface area (Å²) in [5.41, 5.74) is 0.123. The van der Waals surface area contributed by atoms with Crippen LogP contribution in [-0.2, 0) is 0 Å². The van der Waals surface area contributed by atoms with Gasteiger partial charge in [0, 0.05) is 31.2 Å². The molecule has 3 amide bonds. The minimum absolute atomic E-state index is 0.123. The molecule has 1 aromatic carbocycles. The number of nitrogens with one attached hydrogen (secondary N) is 2. The fourth-order valence-electron chi connectivity index (χ4n) is 1.81. The predicted octanol–water partition coefficient (Wildman–Crippen LogP) is 0.801. The van der Waals surface area contributed by atoms with Crippen LogP contribution in [0.2, 0.25) is 5.02 Å². The van der Waals surface area contributed by atoms with Crippen molar-refractivity contribution in [3.05, 3.63) is 28.8 Å². The molecule has 102 valence electrons. The van der Waals surface area contributed by atoms with Crippen LogP contribution in [0.4, 0.5) is 4.79 Å². The Labute approximate surface area is 115 Å². The number of amides is 3. The second-order valence-corrected chi connectivity index (χ2v) is 4.57. The summed E-state index contributed by atoms with van der Waals surface area (Å²) in [5, 5.41) is 15.2. The highest BCUT2D eigenvalue weighted by molar-refractivity contribution is 6.31. The van der Waals surface area contributed by atoms with Crippen LogP contribution in [0.25, 0.3) is 0 Å². The van der Waals surface area contributed by atoms with E-state index in [0.717, 1.165) is 0 Å². The number of rotatable bonds is 4. The normalized spacial score (nSPS) is 14.4. The summed E-state index contributed by atoms with van der Waals surface area (Å²) in [5.74, 6) is -0.541. The predicted molar refractivity (Wildman–Crippen MR) is 70.4 cm³/mol. The molecule has 0 spiro atoms. The molecule has 0 unspecified atom stereocenters. The molecule has 19 heavy (non-hydrogen) atoms. The van der Waals surface area contributed by atoms with Crippen molar-refractivity contribution in [3.63, 3.8) is 0 Å². The van der Waals surface area contributed by atoms with Crippen LogP contribution in [0, 0.1) is 0 Å². The van der Waals surface area contributed by atoms with E-state index in [2.05, 4.69) is 10.6 Å². The minimum Gasteiger partial charge on any atom is -0.507 e. The van der Waals surface area contributed by atoms with E-state index in [1.54, 1.807) is 4.90 Å². The molecular weight excluding hydrogens is 270 g/mol. The molecule has 1 heterocycles. The zero-order valence-electron chi connectivity index (χ0n) is 10.1. The van der Waals surface area contributed by atoms with Gasteiger partial charge in [0.1, 0.15) is 5.75 Å². The maximum atomic E-state index is 11.8. The van der Waals surface area contributed by atoms with Crippen molar-refractivity contribution in [1.82, 2.24) is 15.5 Å². The summed E-state index contributed by atoms with van der Waals surface area (Å²) in [7, 11) is 0. The first-order chi connectivity index (χ1) is 9.08. The van der Waals surface area contributed by atoms with Crippen LogP contribution in [-0.4, -0.2) is 48.1 Å². The summed E-state index contributed by atoms with van der Waals surface area (Å²) < 4.78 is 0. The SMILES string of the molecule is O=C(NCCN1CCNC1=O)c1cc(Cl)ccc1O. The van der Waals surface area contributed by atoms with Crippen LogP contribution in [0.1, 0.15) is 10.4 Å². The summed E-state index contributed by atoms with van der Waals surface area (Å²) in [6, 6.07) is 4.14. The lowest BCUT2D eigenvalue weighted by Crippen LogP contribution is -2.36. The lowest BCUT2D eigenvalue weighted by Gasteiger charge is -2.14. The van der Waals surface area contributed by atoms with Gasteiger partial charge in [-0.15, -0.1) is 0 Å². The molecule has 0 bridgehead atoms. The molecule has 0 atom stereocenters. The third-order valence-corrected chi connectivity index (χ3v) is 3.05. The van der Waals surface area contributed by atoms with Gasteiger partial charge in [-0.05, 0) is 18.2 Å². The Kier molecular flexibility index (Phi) is 4.11. The Hall–Kier alpha value is -1.95. The number of hydrogen-bond acceptors (Lipinski definition) is 3. The highest BCUT2D eigenvalue weighted by Gasteiger charge is 2.19. The second-order valence-electron chi connectivity index (χ2n) is 4.14. The number of carbonyl (C=O) groups excluding carboxylic acids is 2. The van der Waals surface area contributed by atoms with E-state index >= 15 is 0 Å². The van der Waals surface area contributed by atoms with Gasteiger partial charge < -0.3 is 20.6 Å². The van der Waals surface area contributed by atoms with Crippen molar-refractivity contribution in [1.29, 1.82) is 0 Å². The van der Waals surface area contributed by atoms with Gasteiger partial charge in [-0.3, -0.25) is 4.79 Å². The Morgan fingerprint density at radius 3 is 3.00 bits per heavy atom. The Bertz CT molecular complexity index is 507. The number of phenolic OH excluding ortho intramolecular Hbond substituents is 1. The van der Waals surface area contributed by atoms with E-state index in [0.29, 0.717) is 31.2 Å². The number of benzene rings is 1. The lowest BCUT2D eigenvalue weighted by molar-refractivity contribution is 0.0947. The van der Waals surface area contributed by atoms with Gasteiger partial charge in [0.15, 0.2) is 0 Å². The van der Waals surface area contributed by atoms with Gasteiger partial charge in [-0.2, -0.15) is 0 Å². The third-order valence-electron chi connectivity index (χ3n) is 2.82. The number of carbonyl (C=O) groups is 2. The molecule has 2 rings (SSSR count). The van der Waals surface area contributed by atoms with Gasteiger partial charge >= 0.3 is 6.03 Å². The number of nitrogens with zero attached hydrogens (tertiary/aromatic N) is 1. The van der Waals surface area contributed by atoms with Crippen LogP contribution in [0.3, 0.4) is 0 Å². The summed E-state index contributed by atoms with van der Waals surface area (Å²) in [4.78, 5) is 24.7. The third kappa shape index (κ3) is 3.29. The van der Waals surface area contributed by atoms with Crippen LogP contribution in [0.5, 0.6) is 5.75 Å². The number of phenols is 1. The smallest absolute Gasteiger partial charge is 0.317 e. The van der Waals surface area contributed by atoms with E-state index in [4.69, 9.17) is 11.6 Å². The van der Waals surface area contributed by atoms with Crippen molar-refractivity contribution in [2.24, 2.45) is 0 Å². The first kappa shape index (κ1) is 13.5. The Morgan fingerprint density at radius 2 is 2.32 bits per heavy atom. The number of halogens is 1. The molecule has 0 aromatic heterocycles. The minimum atomic E-state index is -0.417. The summed E-state index contributed by atoms with van der Waals surface area (Å²) in [6.07, 6.45) is 0. The van der Waals surface area contributed by atoms with E-state index in [1.807, 2.05) is 0 Å². The van der Waals surface area contributed by atoms with Gasteiger partial charge in [0.25, 0.3) is 5.91 Å². The van der Waals surface area contributed by atoms with Gasteiger partial charge in [0.2, 0.25) is 0 Å². The standard InChI is InChI=1S/C12H14ClN3O3/c13-8-1-2-10(17)9(7-8)11(18)14-3-5-16-6-4-15-12(16)19/h1-2,7,17H,3-6H2,(H,14,18)(H,15,19). The molecule has 1 saturated heterocycles. The summed E-state index contributed by atoms with van der Waals surface area (Å²) >= 11 is 5.77. The maximum Gasteiger partial charge on any atom is 0.317 e. The van der Waals surface area contributed by atoms with Gasteiger partial charge in [0.05, 0.1) is 5.56 Å². The number of urea groups is 1. The molecule has 0 saturated carbocycles. The van der Waals surface area contributed by atoms with E-state index < -0.39 is 5.91 Å². The van der Waals surface area contributed by atoms with E-state index in [-0.39, 0.29) is 17.3 Å². The monoisotopic (exact) mass is 283 g/mol. The van der Waals surface area contributed by atoms with Crippen molar-refractivity contribution < 1.29 is 14.7 Å². The number of aromatic hydroxyl groups is 1. The maximum absolute atomic E-state index is 11.8. The highest BCUT2D eigenvalue weighted by Crippen LogP contribution is 2.21. The zero-order valence-corrected chi connectivity index (χ0v) is 10.9. The Balaban J connectivity index is 1.87. The molecule has 3 N–H and O–H groups in total. The van der Waals surface area contributed by atoms with Gasteiger partial charge in [-0.25, -0.2) is 4.79 Å². The number of hydrogen-bond donors (Lipinski definition) is 3. The average molecular weight is 284 g/mol. The summed E-state index contributed by atoms with van der Waals surface area (Å²) in [6.45, 7) is 2.01. The molecule has 1 fully saturated rings. The fourth-order valence-corrected chi connectivity index (χ4v) is 1.99. The van der Waals surface area contributed by atoms with Gasteiger partial charge in [-0.1, -0.05) is 11.6 Å². The highest BCUT2D eigenvalue weighted by atomic mass is 35.5. The van der Waals surface area contributed by atoms with Crippen molar-refractivity contribution in [2.75, 3.05) is 26.2 Å². The largest absolute Gasteiger partial charge is 0.507 e. The average Bonchev–Trinajstić information content (AvgIpc) is 2.78. The molecule has 1 aliphatic heterocycles.